The highest BCUT2D eigenvalue weighted by Crippen LogP contribution is 2.42. The number of anilines is 1. The molecule has 3 aliphatic heterocycles. The Balaban J connectivity index is 1.20. The van der Waals surface area contributed by atoms with Gasteiger partial charge in [0.15, 0.2) is 0 Å². The molecule has 4 amide bonds. The zero-order valence-corrected chi connectivity index (χ0v) is 43.5. The lowest BCUT2D eigenvalue weighted by molar-refractivity contribution is -0.221. The number of aliphatic hydroxyl groups excluding tert-OH is 1. The number of fused-ring (bicyclic) bond motifs is 2. The van der Waals surface area contributed by atoms with Gasteiger partial charge in [0.05, 0.1) is 62.1 Å². The van der Waals surface area contributed by atoms with E-state index in [4.69, 9.17) is 4.74 Å². The number of carbonyl (C=O) groups is 4. The first-order chi connectivity index (χ1) is 37.0. The van der Waals surface area contributed by atoms with Gasteiger partial charge in [-0.15, -0.1) is 0 Å². The Bertz CT molecular complexity index is 2760. The van der Waals surface area contributed by atoms with Gasteiger partial charge in [0.2, 0.25) is 11.9 Å². The summed E-state index contributed by atoms with van der Waals surface area (Å²) in [5, 5.41) is 22.1. The summed E-state index contributed by atoms with van der Waals surface area (Å²) in [4.78, 5) is 66.9. The number of aliphatic hydroxyl groups is 1. The zero-order valence-electron chi connectivity index (χ0n) is 43.5. The van der Waals surface area contributed by atoms with Gasteiger partial charge in [0.25, 0.3) is 5.91 Å². The number of nitrogens with one attached hydrogen (secondary N) is 4. The van der Waals surface area contributed by atoms with Crippen molar-refractivity contribution in [1.82, 2.24) is 51.0 Å². The standard InChI is InChI=1S/C50H59F10N11O8/c1-47(2,49(55,56)57)39(64-45(75)77-5)41(73)63-37(15-26-7-9-27(10-8-26)29-18-61-44(62-19-29)68-20-30-11-12-31(21-68)71(30)32-24-79-25-32)38(72)23-69(67-42(74)40(65-46(76)78-6)48(3,4)50(58,59)60)22-33-34(51)16-28(17-35(33)52)36-13-14-70(66-36)43(53)54/h7-10,13-14,16-19,30-32,37-40,43,72H,11-12,15,20-25H2,1-6H3,(H,63,73)(H,64,75)(H,65,76)(H,67,74)/t30?,31?,37-,38-,39?,40+/m0/s1. The van der Waals surface area contributed by atoms with Crippen molar-refractivity contribution in [3.8, 4) is 22.4 Å². The molecular formula is C50H59F10N11O8. The second-order valence-electron chi connectivity index (χ2n) is 20.6. The molecule has 2 bridgehead atoms. The Morgan fingerprint density at radius 3 is 1.76 bits per heavy atom. The minimum Gasteiger partial charge on any atom is -0.453 e. The summed E-state index contributed by atoms with van der Waals surface area (Å²) >= 11 is 0. The van der Waals surface area contributed by atoms with E-state index in [-0.39, 0.29) is 21.5 Å². The number of hydrazine groups is 1. The van der Waals surface area contributed by atoms with Crippen LogP contribution in [0.2, 0.25) is 0 Å². The van der Waals surface area contributed by atoms with E-state index in [1.165, 1.54) is 12.1 Å². The highest BCUT2D eigenvalue weighted by Gasteiger charge is 2.57. The molecule has 3 unspecified atom stereocenters. The molecule has 4 aromatic rings. The number of halogens is 10. The maximum Gasteiger partial charge on any atom is 0.407 e. The molecule has 2 aromatic heterocycles. The minimum absolute atomic E-state index is 0.200. The Hall–Kier alpha value is -6.85. The molecule has 432 valence electrons. The number of methoxy groups -OCH3 is 2. The van der Waals surface area contributed by atoms with E-state index in [0.29, 0.717) is 93.3 Å². The lowest BCUT2D eigenvalue weighted by atomic mass is 9.82. The predicted octanol–water partition coefficient (Wildman–Crippen LogP) is 6.28. The SMILES string of the molecule is COC(=O)NC(C(=O)N[C@@H](Cc1ccc(-c2cnc(N3CC4CCC(C3)N4C3COC3)nc2)cc1)[C@@H](O)CN(Cc1c(F)cc(-c2ccn(C(F)F)n2)cc1F)NC(=O)[C@@H](NC(=O)OC)C(C)(C)C(F)(F)F)C(C)(C)C(F)(F)F. The van der Waals surface area contributed by atoms with E-state index < -0.39 is 115 Å². The average molecular weight is 1130 g/mol. The van der Waals surface area contributed by atoms with Gasteiger partial charge in [-0.3, -0.25) is 19.9 Å². The number of hydrogen-bond acceptors (Lipinski definition) is 14. The maximum atomic E-state index is 16.1. The number of carbonyl (C=O) groups excluding carboxylic acids is 4. The van der Waals surface area contributed by atoms with Gasteiger partial charge in [-0.2, -0.15) is 40.2 Å². The van der Waals surface area contributed by atoms with E-state index in [2.05, 4.69) is 39.7 Å². The highest BCUT2D eigenvalue weighted by atomic mass is 19.4. The number of alkyl carbamates (subject to hydrolysis) is 2. The molecule has 0 saturated carbocycles. The summed E-state index contributed by atoms with van der Waals surface area (Å²) in [6.07, 6.45) is -9.82. The molecule has 3 saturated heterocycles. The largest absolute Gasteiger partial charge is 0.453 e. The van der Waals surface area contributed by atoms with Gasteiger partial charge in [-0.25, -0.2) is 38.0 Å². The number of rotatable bonds is 20. The van der Waals surface area contributed by atoms with Crippen LogP contribution in [0.1, 0.15) is 58.2 Å². The summed E-state index contributed by atoms with van der Waals surface area (Å²) < 4.78 is 161. The van der Waals surface area contributed by atoms with Gasteiger partial charge in [-0.1, -0.05) is 24.3 Å². The Morgan fingerprint density at radius 1 is 0.759 bits per heavy atom. The first kappa shape index (κ1) is 59.8. The van der Waals surface area contributed by atoms with Gasteiger partial charge >= 0.3 is 31.1 Å². The van der Waals surface area contributed by atoms with Crippen LogP contribution in [0, 0.1) is 22.5 Å². The summed E-state index contributed by atoms with van der Waals surface area (Å²) in [5.74, 6) is -5.53. The van der Waals surface area contributed by atoms with Crippen LogP contribution < -0.4 is 26.3 Å². The number of aromatic nitrogens is 4. The van der Waals surface area contributed by atoms with Crippen molar-refractivity contribution in [2.45, 2.75) is 115 Å². The number of nitrogens with zero attached hydrogens (tertiary/aromatic N) is 7. The van der Waals surface area contributed by atoms with Crippen LogP contribution in [0.25, 0.3) is 22.4 Å². The summed E-state index contributed by atoms with van der Waals surface area (Å²) in [7, 11) is 1.61. The Kier molecular flexibility index (Phi) is 18.1. The summed E-state index contributed by atoms with van der Waals surface area (Å²) in [6.45, 7) is -0.202. The van der Waals surface area contributed by atoms with Crippen molar-refractivity contribution in [3.63, 3.8) is 0 Å². The lowest BCUT2D eigenvalue weighted by Gasteiger charge is -2.47. The topological polar surface area (TPSA) is 218 Å². The third-order valence-corrected chi connectivity index (χ3v) is 14.6. The first-order valence-corrected chi connectivity index (χ1v) is 24.7. The van der Waals surface area contributed by atoms with Crippen molar-refractivity contribution < 1.29 is 82.4 Å². The van der Waals surface area contributed by atoms with Gasteiger partial charge in [-0.05, 0) is 76.3 Å². The average Bonchev–Trinajstić information content (AvgIpc) is 4.20. The Labute approximate surface area is 446 Å². The molecule has 3 fully saturated rings. The minimum atomic E-state index is -5.23. The molecule has 5 heterocycles. The number of amides is 4. The van der Waals surface area contributed by atoms with Gasteiger partial charge < -0.3 is 40.2 Å². The molecule has 79 heavy (non-hydrogen) atoms. The van der Waals surface area contributed by atoms with Crippen molar-refractivity contribution in [1.29, 1.82) is 0 Å². The van der Waals surface area contributed by atoms with E-state index in [1.807, 2.05) is 10.7 Å². The van der Waals surface area contributed by atoms with Crippen molar-refractivity contribution in [3.05, 3.63) is 83.8 Å². The van der Waals surface area contributed by atoms with Crippen LogP contribution in [0.4, 0.5) is 59.4 Å². The van der Waals surface area contributed by atoms with Crippen molar-refractivity contribution >= 4 is 29.9 Å². The van der Waals surface area contributed by atoms with E-state index in [9.17, 15) is 59.4 Å². The van der Waals surface area contributed by atoms with Crippen LogP contribution in [-0.2, 0) is 36.8 Å². The number of benzene rings is 2. The molecule has 19 nitrogen and oxygen atoms in total. The first-order valence-electron chi connectivity index (χ1n) is 24.7. The molecule has 0 radical (unpaired) electrons. The number of piperazine rings is 1. The predicted molar refractivity (Wildman–Crippen MR) is 260 cm³/mol. The molecular weight excluding hydrogens is 1070 g/mol. The van der Waals surface area contributed by atoms with Crippen molar-refractivity contribution in [2.24, 2.45) is 10.8 Å². The lowest BCUT2D eigenvalue weighted by Crippen LogP contribution is -2.63. The van der Waals surface area contributed by atoms with Crippen LogP contribution in [-0.4, -0.2) is 161 Å². The van der Waals surface area contributed by atoms with Crippen molar-refractivity contribution in [2.75, 3.05) is 52.0 Å². The zero-order chi connectivity index (χ0) is 57.9. The molecule has 3 aliphatic rings. The molecule has 5 N–H and O–H groups in total. The molecule has 29 heteroatoms. The van der Waals surface area contributed by atoms with Crippen LogP contribution in [0.3, 0.4) is 0 Å². The second-order valence-corrected chi connectivity index (χ2v) is 20.6. The number of hydrogen-bond donors (Lipinski definition) is 5. The maximum absolute atomic E-state index is 16.1. The highest BCUT2D eigenvalue weighted by molar-refractivity contribution is 5.87. The van der Waals surface area contributed by atoms with E-state index >= 15 is 8.78 Å². The van der Waals surface area contributed by atoms with Crippen LogP contribution >= 0.6 is 0 Å². The second kappa shape index (κ2) is 23.9. The summed E-state index contributed by atoms with van der Waals surface area (Å²) in [6, 6.07) is 2.93. The van der Waals surface area contributed by atoms with Crippen LogP contribution in [0.5, 0.6) is 0 Å². The van der Waals surface area contributed by atoms with E-state index in [0.717, 1.165) is 52.4 Å². The Morgan fingerprint density at radius 2 is 1.29 bits per heavy atom. The third-order valence-electron chi connectivity index (χ3n) is 14.6. The van der Waals surface area contributed by atoms with Gasteiger partial charge in [0.1, 0.15) is 23.7 Å². The van der Waals surface area contributed by atoms with Gasteiger partial charge in [0, 0.05) is 73.5 Å². The molecule has 0 spiro atoms. The molecule has 7 rings (SSSR count). The van der Waals surface area contributed by atoms with E-state index in [1.54, 1.807) is 29.8 Å². The smallest absolute Gasteiger partial charge is 0.407 e. The quantitative estimate of drug-likeness (QED) is 0.0487. The fourth-order valence-corrected chi connectivity index (χ4v) is 9.61. The fourth-order valence-electron chi connectivity index (χ4n) is 9.61. The molecule has 0 aliphatic carbocycles. The monoisotopic (exact) mass is 1130 g/mol. The normalized spacial score (nSPS) is 18.8. The molecule has 6 atom stereocenters. The fraction of sp³-hybridized carbons (Fsp3) is 0.540. The number of ether oxygens (including phenoxy) is 3. The molecule has 2 aromatic carbocycles. The third kappa shape index (κ3) is 13.4. The summed E-state index contributed by atoms with van der Waals surface area (Å²) in [5.41, 5.74) is -4.26. The van der Waals surface area contributed by atoms with Crippen LogP contribution in [0.15, 0.2) is 61.1 Å². The number of alkyl halides is 8.